The van der Waals surface area contributed by atoms with Crippen LogP contribution in [0.1, 0.15) is 0 Å². The molecule has 0 spiro atoms. The molecule has 0 atom stereocenters. The van der Waals surface area contributed by atoms with Crippen molar-refractivity contribution in [2.24, 2.45) is 0 Å². The van der Waals surface area contributed by atoms with Crippen LogP contribution < -0.4 is 5.32 Å². The second-order valence-electron chi connectivity index (χ2n) is 3.18. The minimum absolute atomic E-state index is 0. The molecule has 1 fully saturated rings. The maximum atomic E-state index is 11.5. The molecule has 0 saturated carbocycles. The summed E-state index contributed by atoms with van der Waals surface area (Å²) in [6.07, 6.45) is 0. The predicted molar refractivity (Wildman–Crippen MR) is 59.4 cm³/mol. The highest BCUT2D eigenvalue weighted by Crippen LogP contribution is 1.93. The minimum atomic E-state index is 0. The van der Waals surface area contributed by atoms with E-state index in [-0.39, 0.29) is 24.9 Å². The Hall–Kier alpha value is -0.360. The number of carbonyl (C=O) groups is 1. The standard InChI is InChI=1S/C9H18N2O3.ClH/c1-13-6-7-14-8-9(12)11-4-2-10-3-5-11;/h10H,2-8H2,1H3;1H. The van der Waals surface area contributed by atoms with Gasteiger partial charge in [-0.25, -0.2) is 0 Å². The van der Waals surface area contributed by atoms with Gasteiger partial charge >= 0.3 is 0 Å². The normalized spacial score (nSPS) is 15.9. The summed E-state index contributed by atoms with van der Waals surface area (Å²) in [5.74, 6) is 0.0719. The van der Waals surface area contributed by atoms with E-state index in [0.29, 0.717) is 13.2 Å². The van der Waals surface area contributed by atoms with E-state index in [1.54, 1.807) is 7.11 Å². The average molecular weight is 239 g/mol. The highest BCUT2D eigenvalue weighted by atomic mass is 35.5. The van der Waals surface area contributed by atoms with E-state index >= 15 is 0 Å². The number of halogens is 1. The molecule has 0 aromatic heterocycles. The Morgan fingerprint density at radius 1 is 1.33 bits per heavy atom. The van der Waals surface area contributed by atoms with Gasteiger partial charge in [-0.15, -0.1) is 12.4 Å². The van der Waals surface area contributed by atoms with Crippen molar-refractivity contribution < 1.29 is 14.3 Å². The van der Waals surface area contributed by atoms with Crippen molar-refractivity contribution in [3.8, 4) is 0 Å². The molecule has 1 saturated heterocycles. The van der Waals surface area contributed by atoms with Crippen LogP contribution in [0, 0.1) is 0 Å². The summed E-state index contributed by atoms with van der Waals surface area (Å²) in [7, 11) is 1.61. The number of nitrogens with zero attached hydrogens (tertiary/aromatic N) is 1. The number of carbonyl (C=O) groups excluding carboxylic acids is 1. The number of ether oxygens (including phenoxy) is 2. The van der Waals surface area contributed by atoms with Gasteiger partial charge in [-0.2, -0.15) is 0 Å². The van der Waals surface area contributed by atoms with E-state index in [1.165, 1.54) is 0 Å². The number of hydrogen-bond donors (Lipinski definition) is 1. The zero-order valence-electron chi connectivity index (χ0n) is 9.03. The van der Waals surface area contributed by atoms with Crippen LogP contribution >= 0.6 is 12.4 Å². The lowest BCUT2D eigenvalue weighted by atomic mass is 10.3. The van der Waals surface area contributed by atoms with Crippen molar-refractivity contribution in [3.05, 3.63) is 0 Å². The largest absolute Gasteiger partial charge is 0.382 e. The molecule has 1 N–H and O–H groups in total. The van der Waals surface area contributed by atoms with Crippen molar-refractivity contribution in [3.63, 3.8) is 0 Å². The van der Waals surface area contributed by atoms with Gasteiger partial charge in [0.15, 0.2) is 0 Å². The number of hydrogen-bond acceptors (Lipinski definition) is 4. The van der Waals surface area contributed by atoms with E-state index < -0.39 is 0 Å². The van der Waals surface area contributed by atoms with E-state index in [9.17, 15) is 4.79 Å². The number of rotatable bonds is 5. The van der Waals surface area contributed by atoms with Gasteiger partial charge < -0.3 is 19.7 Å². The van der Waals surface area contributed by atoms with Crippen LogP contribution in [0.3, 0.4) is 0 Å². The van der Waals surface area contributed by atoms with Gasteiger partial charge in [0.1, 0.15) is 6.61 Å². The Morgan fingerprint density at radius 2 is 2.00 bits per heavy atom. The summed E-state index contributed by atoms with van der Waals surface area (Å²) in [6.45, 7) is 4.51. The zero-order valence-corrected chi connectivity index (χ0v) is 9.85. The van der Waals surface area contributed by atoms with Gasteiger partial charge in [0.2, 0.25) is 5.91 Å². The molecule has 5 nitrogen and oxygen atoms in total. The van der Waals surface area contributed by atoms with Gasteiger partial charge in [0.25, 0.3) is 0 Å². The fourth-order valence-corrected chi connectivity index (χ4v) is 1.31. The fraction of sp³-hybridized carbons (Fsp3) is 0.889. The van der Waals surface area contributed by atoms with Gasteiger partial charge in [0, 0.05) is 33.3 Å². The molecule has 1 aliphatic rings. The smallest absolute Gasteiger partial charge is 0.248 e. The Labute approximate surface area is 96.5 Å². The SMILES string of the molecule is COCCOCC(=O)N1CCNCC1.Cl. The lowest BCUT2D eigenvalue weighted by molar-refractivity contribution is -0.137. The Kier molecular flexibility index (Phi) is 8.70. The van der Waals surface area contributed by atoms with Crippen molar-refractivity contribution in [2.75, 3.05) is 53.1 Å². The third-order valence-corrected chi connectivity index (χ3v) is 2.13. The molecule has 15 heavy (non-hydrogen) atoms. The maximum Gasteiger partial charge on any atom is 0.248 e. The predicted octanol–water partition coefficient (Wildman–Crippen LogP) is -0.497. The zero-order chi connectivity index (χ0) is 10.2. The Morgan fingerprint density at radius 3 is 2.60 bits per heavy atom. The molecule has 0 bridgehead atoms. The van der Waals surface area contributed by atoms with Crippen molar-refractivity contribution in [1.82, 2.24) is 10.2 Å². The van der Waals surface area contributed by atoms with Crippen molar-refractivity contribution >= 4 is 18.3 Å². The van der Waals surface area contributed by atoms with Gasteiger partial charge in [-0.1, -0.05) is 0 Å². The van der Waals surface area contributed by atoms with Crippen LogP contribution in [0.5, 0.6) is 0 Å². The number of amides is 1. The van der Waals surface area contributed by atoms with Gasteiger partial charge in [-0.3, -0.25) is 4.79 Å². The topological polar surface area (TPSA) is 50.8 Å². The first-order valence-electron chi connectivity index (χ1n) is 4.90. The molecule has 0 aliphatic carbocycles. The molecular weight excluding hydrogens is 220 g/mol. The van der Waals surface area contributed by atoms with E-state index in [1.807, 2.05) is 4.90 Å². The molecule has 1 heterocycles. The summed E-state index contributed by atoms with van der Waals surface area (Å²) < 4.78 is 9.96. The van der Waals surface area contributed by atoms with Gasteiger partial charge in [0.05, 0.1) is 13.2 Å². The molecule has 6 heteroatoms. The van der Waals surface area contributed by atoms with E-state index in [2.05, 4.69) is 5.32 Å². The number of methoxy groups -OCH3 is 1. The fourth-order valence-electron chi connectivity index (χ4n) is 1.31. The van der Waals surface area contributed by atoms with Crippen LogP contribution in [-0.2, 0) is 14.3 Å². The molecular formula is C9H19ClN2O3. The molecule has 0 radical (unpaired) electrons. The van der Waals surface area contributed by atoms with Gasteiger partial charge in [-0.05, 0) is 0 Å². The Balaban J connectivity index is 0.00000196. The van der Waals surface area contributed by atoms with Crippen LogP contribution in [0.25, 0.3) is 0 Å². The summed E-state index contributed by atoms with van der Waals surface area (Å²) in [5, 5.41) is 3.19. The number of nitrogens with one attached hydrogen (secondary N) is 1. The Bertz CT molecular complexity index is 175. The van der Waals surface area contributed by atoms with Crippen LogP contribution in [-0.4, -0.2) is 63.9 Å². The summed E-state index contributed by atoms with van der Waals surface area (Å²) in [4.78, 5) is 13.3. The van der Waals surface area contributed by atoms with Crippen molar-refractivity contribution in [1.29, 1.82) is 0 Å². The molecule has 1 amide bonds. The molecule has 1 aliphatic heterocycles. The second-order valence-corrected chi connectivity index (χ2v) is 3.18. The molecule has 0 aromatic carbocycles. The molecule has 1 rings (SSSR count). The number of piperazine rings is 1. The molecule has 90 valence electrons. The maximum absolute atomic E-state index is 11.5. The summed E-state index contributed by atoms with van der Waals surface area (Å²) in [5.41, 5.74) is 0. The van der Waals surface area contributed by atoms with E-state index in [4.69, 9.17) is 9.47 Å². The lowest BCUT2D eigenvalue weighted by Crippen LogP contribution is -2.47. The monoisotopic (exact) mass is 238 g/mol. The quantitative estimate of drug-likeness (QED) is 0.657. The van der Waals surface area contributed by atoms with Crippen molar-refractivity contribution in [2.45, 2.75) is 0 Å². The van der Waals surface area contributed by atoms with E-state index in [0.717, 1.165) is 26.2 Å². The molecule has 0 aromatic rings. The lowest BCUT2D eigenvalue weighted by Gasteiger charge is -2.27. The molecule has 0 unspecified atom stereocenters. The first kappa shape index (κ1) is 14.6. The van der Waals surface area contributed by atoms with Crippen LogP contribution in [0.2, 0.25) is 0 Å². The van der Waals surface area contributed by atoms with Crippen LogP contribution in [0.4, 0.5) is 0 Å². The summed E-state index contributed by atoms with van der Waals surface area (Å²) >= 11 is 0. The minimum Gasteiger partial charge on any atom is -0.382 e. The van der Waals surface area contributed by atoms with Crippen LogP contribution in [0.15, 0.2) is 0 Å². The average Bonchev–Trinajstić information content (AvgIpc) is 2.25. The highest BCUT2D eigenvalue weighted by Gasteiger charge is 2.15. The third kappa shape index (κ3) is 5.94. The first-order chi connectivity index (χ1) is 6.84. The second kappa shape index (κ2) is 8.91. The highest BCUT2D eigenvalue weighted by molar-refractivity contribution is 5.85. The summed E-state index contributed by atoms with van der Waals surface area (Å²) in [6, 6.07) is 0. The third-order valence-electron chi connectivity index (χ3n) is 2.13. The first-order valence-corrected chi connectivity index (χ1v) is 4.90.